The van der Waals surface area contributed by atoms with Crippen molar-refractivity contribution >= 4 is 16.9 Å². The molecule has 2 aromatic carbocycles. The summed E-state index contributed by atoms with van der Waals surface area (Å²) in [6, 6.07) is 11.3. The second-order valence-corrected chi connectivity index (χ2v) is 6.22. The van der Waals surface area contributed by atoms with Gasteiger partial charge in [-0.05, 0) is 62.7 Å². The molecule has 0 unspecified atom stereocenters. The van der Waals surface area contributed by atoms with Crippen LogP contribution in [0.2, 0.25) is 0 Å². The summed E-state index contributed by atoms with van der Waals surface area (Å²) >= 11 is 0. The van der Waals surface area contributed by atoms with Gasteiger partial charge in [0.05, 0.1) is 31.9 Å². The molecule has 28 heavy (non-hydrogen) atoms. The Kier molecular flexibility index (Phi) is 6.09. The largest absolute Gasteiger partial charge is 0.494 e. The highest BCUT2D eigenvalue weighted by Crippen LogP contribution is 2.37. The number of H-pyrrole nitrogens is 1. The van der Waals surface area contributed by atoms with E-state index >= 15 is 0 Å². The lowest BCUT2D eigenvalue weighted by Gasteiger charge is -2.12. The standard InChI is InChI=1S/C22H25NO5/c1-4-26-15-8-9-18-16(12-15)17(13-21(24)25)22(23-18)14-7-10-19(27-5-2)20(11-14)28-6-3/h7-12,23H,4-6,13H2,1-3H3,(H,24,25). The van der Waals surface area contributed by atoms with Crippen LogP contribution in [0.3, 0.4) is 0 Å². The third-order valence-corrected chi connectivity index (χ3v) is 4.35. The number of nitrogens with one attached hydrogen (secondary N) is 1. The van der Waals surface area contributed by atoms with Gasteiger partial charge < -0.3 is 24.3 Å². The van der Waals surface area contributed by atoms with E-state index in [1.54, 1.807) is 0 Å². The molecule has 0 amide bonds. The van der Waals surface area contributed by atoms with Gasteiger partial charge in [-0.1, -0.05) is 0 Å². The predicted octanol–water partition coefficient (Wildman–Crippen LogP) is 4.66. The molecule has 0 saturated heterocycles. The fourth-order valence-electron chi connectivity index (χ4n) is 3.27. The highest BCUT2D eigenvalue weighted by molar-refractivity contribution is 5.95. The predicted molar refractivity (Wildman–Crippen MR) is 109 cm³/mol. The molecule has 3 rings (SSSR count). The molecule has 6 nitrogen and oxygen atoms in total. The number of benzene rings is 2. The lowest BCUT2D eigenvalue weighted by atomic mass is 10.0. The number of aromatic amines is 1. The SMILES string of the molecule is CCOc1ccc2[nH]c(-c3ccc(OCC)c(OCC)c3)c(CC(=O)O)c2c1. The van der Waals surface area contributed by atoms with Crippen LogP contribution in [-0.4, -0.2) is 35.9 Å². The van der Waals surface area contributed by atoms with E-state index in [2.05, 4.69) is 4.98 Å². The highest BCUT2D eigenvalue weighted by Gasteiger charge is 2.18. The molecule has 0 aliphatic rings. The second kappa shape index (κ2) is 8.69. The third-order valence-electron chi connectivity index (χ3n) is 4.35. The molecule has 0 atom stereocenters. The molecule has 0 aliphatic heterocycles. The van der Waals surface area contributed by atoms with Crippen molar-refractivity contribution in [1.82, 2.24) is 4.98 Å². The summed E-state index contributed by atoms with van der Waals surface area (Å²) < 4.78 is 16.9. The van der Waals surface area contributed by atoms with Crippen molar-refractivity contribution in [2.45, 2.75) is 27.2 Å². The lowest BCUT2D eigenvalue weighted by Crippen LogP contribution is -2.02. The first-order chi connectivity index (χ1) is 13.6. The molecule has 1 heterocycles. The molecule has 3 aromatic rings. The van der Waals surface area contributed by atoms with Crippen LogP contribution in [0, 0.1) is 0 Å². The molecule has 0 aliphatic carbocycles. The Balaban J connectivity index is 2.15. The van der Waals surface area contributed by atoms with Crippen LogP contribution in [-0.2, 0) is 11.2 Å². The molecular formula is C22H25NO5. The molecule has 148 valence electrons. The second-order valence-electron chi connectivity index (χ2n) is 6.22. The van der Waals surface area contributed by atoms with Crippen molar-refractivity contribution < 1.29 is 24.1 Å². The number of rotatable bonds is 9. The summed E-state index contributed by atoms with van der Waals surface area (Å²) in [6.45, 7) is 7.35. The van der Waals surface area contributed by atoms with E-state index in [4.69, 9.17) is 14.2 Å². The Hall–Kier alpha value is -3.15. The van der Waals surface area contributed by atoms with Crippen LogP contribution in [0.5, 0.6) is 17.2 Å². The van der Waals surface area contributed by atoms with Crippen LogP contribution in [0.15, 0.2) is 36.4 Å². The van der Waals surface area contributed by atoms with Crippen LogP contribution >= 0.6 is 0 Å². The van der Waals surface area contributed by atoms with Gasteiger partial charge in [-0.15, -0.1) is 0 Å². The zero-order valence-corrected chi connectivity index (χ0v) is 16.4. The third kappa shape index (κ3) is 4.06. The van der Waals surface area contributed by atoms with Crippen LogP contribution < -0.4 is 14.2 Å². The van der Waals surface area contributed by atoms with E-state index in [0.717, 1.165) is 27.7 Å². The average molecular weight is 383 g/mol. The molecule has 0 spiro atoms. The van der Waals surface area contributed by atoms with Crippen molar-refractivity contribution in [3.63, 3.8) is 0 Å². The molecule has 0 fully saturated rings. The number of aromatic nitrogens is 1. The van der Waals surface area contributed by atoms with Crippen LogP contribution in [0.4, 0.5) is 0 Å². The summed E-state index contributed by atoms with van der Waals surface area (Å²) in [7, 11) is 0. The Bertz CT molecular complexity index is 976. The number of carbonyl (C=O) groups is 1. The zero-order valence-electron chi connectivity index (χ0n) is 16.4. The van der Waals surface area contributed by atoms with Gasteiger partial charge in [0.2, 0.25) is 0 Å². The van der Waals surface area contributed by atoms with Crippen molar-refractivity contribution in [2.75, 3.05) is 19.8 Å². The Labute approximate surface area is 164 Å². The van der Waals surface area contributed by atoms with Gasteiger partial charge in [-0.3, -0.25) is 4.79 Å². The minimum Gasteiger partial charge on any atom is -0.494 e. The monoisotopic (exact) mass is 383 g/mol. The number of fused-ring (bicyclic) bond motifs is 1. The van der Waals surface area contributed by atoms with E-state index in [-0.39, 0.29) is 6.42 Å². The minimum atomic E-state index is -0.889. The maximum Gasteiger partial charge on any atom is 0.307 e. The van der Waals surface area contributed by atoms with Gasteiger partial charge >= 0.3 is 5.97 Å². The molecule has 0 saturated carbocycles. The number of hydrogen-bond donors (Lipinski definition) is 2. The average Bonchev–Trinajstić information content (AvgIpc) is 3.01. The number of ether oxygens (including phenoxy) is 3. The quantitative estimate of drug-likeness (QED) is 0.562. The van der Waals surface area contributed by atoms with Crippen molar-refractivity contribution in [2.24, 2.45) is 0 Å². The number of carboxylic acids is 1. The van der Waals surface area contributed by atoms with Crippen molar-refractivity contribution in [3.05, 3.63) is 42.0 Å². The summed E-state index contributed by atoms with van der Waals surface area (Å²) in [6.07, 6.45) is -0.0951. The molecule has 0 radical (unpaired) electrons. The van der Waals surface area contributed by atoms with E-state index < -0.39 is 5.97 Å². The number of aliphatic carboxylic acids is 1. The smallest absolute Gasteiger partial charge is 0.307 e. The minimum absolute atomic E-state index is 0.0951. The fourth-order valence-corrected chi connectivity index (χ4v) is 3.27. The fraction of sp³-hybridized carbons (Fsp3) is 0.318. The summed E-state index contributed by atoms with van der Waals surface area (Å²) in [5, 5.41) is 10.3. The first-order valence-corrected chi connectivity index (χ1v) is 9.46. The molecular weight excluding hydrogens is 358 g/mol. The highest BCUT2D eigenvalue weighted by atomic mass is 16.5. The van der Waals surface area contributed by atoms with Crippen LogP contribution in [0.1, 0.15) is 26.3 Å². The van der Waals surface area contributed by atoms with E-state index in [1.165, 1.54) is 0 Å². The van der Waals surface area contributed by atoms with Crippen molar-refractivity contribution in [1.29, 1.82) is 0 Å². The van der Waals surface area contributed by atoms with E-state index in [1.807, 2.05) is 57.2 Å². The van der Waals surface area contributed by atoms with Gasteiger partial charge in [0.25, 0.3) is 0 Å². The van der Waals surface area contributed by atoms with Gasteiger partial charge in [-0.25, -0.2) is 0 Å². The summed E-state index contributed by atoms with van der Waals surface area (Å²) in [5.41, 5.74) is 3.18. The molecule has 0 bridgehead atoms. The van der Waals surface area contributed by atoms with Gasteiger partial charge in [-0.2, -0.15) is 0 Å². The maximum absolute atomic E-state index is 11.5. The van der Waals surface area contributed by atoms with Gasteiger partial charge in [0, 0.05) is 16.5 Å². The Morgan fingerprint density at radius 2 is 1.64 bits per heavy atom. The van der Waals surface area contributed by atoms with Crippen LogP contribution in [0.25, 0.3) is 22.2 Å². The normalized spacial score (nSPS) is 10.8. The topological polar surface area (TPSA) is 80.8 Å². The summed E-state index contributed by atoms with van der Waals surface area (Å²) in [5.74, 6) is 1.13. The number of carboxylic acid groups (broad SMARTS) is 1. The van der Waals surface area contributed by atoms with Crippen molar-refractivity contribution in [3.8, 4) is 28.5 Å². The molecule has 6 heteroatoms. The number of hydrogen-bond acceptors (Lipinski definition) is 4. The van der Waals surface area contributed by atoms with E-state index in [9.17, 15) is 9.90 Å². The zero-order chi connectivity index (χ0) is 20.1. The first-order valence-electron chi connectivity index (χ1n) is 9.46. The molecule has 2 N–H and O–H groups in total. The Morgan fingerprint density at radius 1 is 0.929 bits per heavy atom. The lowest BCUT2D eigenvalue weighted by molar-refractivity contribution is -0.136. The Morgan fingerprint density at radius 3 is 2.32 bits per heavy atom. The van der Waals surface area contributed by atoms with Gasteiger partial charge in [0.1, 0.15) is 5.75 Å². The summed E-state index contributed by atoms with van der Waals surface area (Å²) in [4.78, 5) is 14.9. The molecule has 1 aromatic heterocycles. The van der Waals surface area contributed by atoms with E-state index in [0.29, 0.717) is 37.1 Å². The maximum atomic E-state index is 11.5. The first kappa shape index (κ1) is 19.6. The van der Waals surface area contributed by atoms with Gasteiger partial charge in [0.15, 0.2) is 11.5 Å².